The maximum atomic E-state index is 12.3. The van der Waals surface area contributed by atoms with Crippen LogP contribution in [0.4, 0.5) is 4.79 Å². The Balaban J connectivity index is 2.48. The number of ether oxygens (including phenoxy) is 4. The van der Waals surface area contributed by atoms with E-state index < -0.39 is 23.5 Å². The molecule has 0 bridgehead atoms. The van der Waals surface area contributed by atoms with E-state index in [0.717, 1.165) is 0 Å². The van der Waals surface area contributed by atoms with E-state index in [-0.39, 0.29) is 18.5 Å². The molecule has 0 heterocycles. The van der Waals surface area contributed by atoms with E-state index in [9.17, 15) is 14.4 Å². The van der Waals surface area contributed by atoms with E-state index in [2.05, 4.69) is 16.2 Å². The maximum Gasteiger partial charge on any atom is 0.407 e. The number of nitrogens with one attached hydrogen (secondary N) is 3. The van der Waals surface area contributed by atoms with Crippen molar-refractivity contribution in [2.24, 2.45) is 0 Å². The van der Waals surface area contributed by atoms with Crippen LogP contribution in [0.25, 0.3) is 0 Å². The topological polar surface area (TPSA) is 124 Å². The lowest BCUT2D eigenvalue weighted by Crippen LogP contribution is -2.42. The summed E-state index contributed by atoms with van der Waals surface area (Å²) in [5.41, 5.74) is 4.26. The van der Waals surface area contributed by atoms with Crippen LogP contribution in [0.5, 0.6) is 17.2 Å². The van der Waals surface area contributed by atoms with Crippen LogP contribution in [0.15, 0.2) is 12.1 Å². The van der Waals surface area contributed by atoms with E-state index in [1.165, 1.54) is 33.5 Å². The summed E-state index contributed by atoms with van der Waals surface area (Å²) in [6.07, 6.45) is -0.0650. The Morgan fingerprint density at radius 2 is 1.52 bits per heavy atom. The van der Waals surface area contributed by atoms with Gasteiger partial charge in [-0.3, -0.25) is 20.4 Å². The summed E-state index contributed by atoms with van der Waals surface area (Å²) in [6.45, 7) is 5.55. The molecule has 0 aliphatic heterocycles. The Morgan fingerprint density at radius 3 is 2.00 bits per heavy atom. The number of hydrogen-bond acceptors (Lipinski definition) is 7. The molecule has 3 amide bonds. The van der Waals surface area contributed by atoms with E-state index in [1.54, 1.807) is 20.8 Å². The molecule has 10 nitrogen and oxygen atoms in total. The molecule has 0 spiro atoms. The largest absolute Gasteiger partial charge is 0.493 e. The summed E-state index contributed by atoms with van der Waals surface area (Å²) in [5.74, 6) is 0.0300. The van der Waals surface area contributed by atoms with Crippen molar-refractivity contribution in [1.82, 2.24) is 16.2 Å². The zero-order valence-corrected chi connectivity index (χ0v) is 17.6. The van der Waals surface area contributed by atoms with Gasteiger partial charge in [-0.15, -0.1) is 0 Å². The van der Waals surface area contributed by atoms with Gasteiger partial charge in [-0.1, -0.05) is 0 Å². The van der Waals surface area contributed by atoms with Gasteiger partial charge in [0, 0.05) is 18.5 Å². The van der Waals surface area contributed by atoms with Gasteiger partial charge in [0.05, 0.1) is 21.3 Å². The highest BCUT2D eigenvalue weighted by atomic mass is 16.6. The van der Waals surface area contributed by atoms with E-state index in [4.69, 9.17) is 18.9 Å². The molecule has 0 radical (unpaired) electrons. The summed E-state index contributed by atoms with van der Waals surface area (Å²) in [4.78, 5) is 35.7. The first kappa shape index (κ1) is 23.9. The van der Waals surface area contributed by atoms with Crippen LogP contribution in [0, 0.1) is 0 Å². The van der Waals surface area contributed by atoms with Crippen LogP contribution in [-0.4, -0.2) is 51.4 Å². The molecule has 10 heteroatoms. The highest BCUT2D eigenvalue weighted by molar-refractivity contribution is 5.96. The quantitative estimate of drug-likeness (QED) is 0.440. The fourth-order valence-electron chi connectivity index (χ4n) is 2.23. The van der Waals surface area contributed by atoms with Crippen molar-refractivity contribution in [3.63, 3.8) is 0 Å². The van der Waals surface area contributed by atoms with Crippen LogP contribution in [0.3, 0.4) is 0 Å². The molecule has 0 fully saturated rings. The van der Waals surface area contributed by atoms with Gasteiger partial charge < -0.3 is 24.3 Å². The molecule has 1 rings (SSSR count). The lowest BCUT2D eigenvalue weighted by molar-refractivity contribution is -0.121. The number of methoxy groups -OCH3 is 3. The second-order valence-electron chi connectivity index (χ2n) is 6.95. The molecule has 0 aliphatic carbocycles. The fraction of sp³-hybridized carbons (Fsp3) is 0.526. The molecule has 0 saturated heterocycles. The van der Waals surface area contributed by atoms with Crippen molar-refractivity contribution in [3.05, 3.63) is 17.7 Å². The minimum atomic E-state index is -0.585. The van der Waals surface area contributed by atoms with Gasteiger partial charge >= 0.3 is 6.09 Å². The molecule has 0 aliphatic rings. The number of carbonyl (C=O) groups excluding carboxylic acids is 3. The third-order valence-corrected chi connectivity index (χ3v) is 3.49. The van der Waals surface area contributed by atoms with Crippen LogP contribution >= 0.6 is 0 Å². The summed E-state index contributed by atoms with van der Waals surface area (Å²) in [7, 11) is 4.33. The van der Waals surface area contributed by atoms with E-state index >= 15 is 0 Å². The Morgan fingerprint density at radius 1 is 0.931 bits per heavy atom. The normalized spacial score (nSPS) is 10.6. The Bertz CT molecular complexity index is 704. The zero-order chi connectivity index (χ0) is 22.0. The summed E-state index contributed by atoms with van der Waals surface area (Å²) in [5, 5.41) is 2.55. The van der Waals surface area contributed by atoms with Gasteiger partial charge in [0.1, 0.15) is 5.60 Å². The van der Waals surface area contributed by atoms with Gasteiger partial charge in [0.2, 0.25) is 11.7 Å². The molecule has 1 aromatic carbocycles. The Hall–Kier alpha value is -3.17. The lowest BCUT2D eigenvalue weighted by atomic mass is 10.1. The molecule has 162 valence electrons. The second-order valence-corrected chi connectivity index (χ2v) is 6.95. The fourth-order valence-corrected chi connectivity index (χ4v) is 2.23. The number of alkyl carbamates (subject to hydrolysis) is 1. The first-order valence-electron chi connectivity index (χ1n) is 8.97. The van der Waals surface area contributed by atoms with Crippen molar-refractivity contribution in [2.45, 2.75) is 39.2 Å². The van der Waals surface area contributed by atoms with Crippen molar-refractivity contribution in [3.8, 4) is 17.2 Å². The average Bonchev–Trinajstić information content (AvgIpc) is 2.66. The minimum absolute atomic E-state index is 0.103. The average molecular weight is 411 g/mol. The van der Waals surface area contributed by atoms with Crippen LogP contribution in [0.2, 0.25) is 0 Å². The number of hydrogen-bond donors (Lipinski definition) is 3. The smallest absolute Gasteiger partial charge is 0.407 e. The Labute approximate surface area is 170 Å². The maximum absolute atomic E-state index is 12.3. The molecule has 0 aromatic heterocycles. The van der Waals surface area contributed by atoms with Crippen molar-refractivity contribution >= 4 is 17.9 Å². The summed E-state index contributed by atoms with van der Waals surface area (Å²) >= 11 is 0. The van der Waals surface area contributed by atoms with Crippen LogP contribution in [0.1, 0.15) is 44.0 Å². The minimum Gasteiger partial charge on any atom is -0.493 e. The second kappa shape index (κ2) is 11.0. The van der Waals surface area contributed by atoms with E-state index in [1.807, 2.05) is 0 Å². The molecule has 29 heavy (non-hydrogen) atoms. The van der Waals surface area contributed by atoms with E-state index in [0.29, 0.717) is 23.7 Å². The lowest BCUT2D eigenvalue weighted by Gasteiger charge is -2.19. The SMILES string of the molecule is COc1cc(C(=O)NNC(=O)CCCNC(=O)OC(C)(C)C)cc(OC)c1OC. The number of rotatable bonds is 8. The van der Waals surface area contributed by atoms with Crippen LogP contribution in [-0.2, 0) is 9.53 Å². The monoisotopic (exact) mass is 411 g/mol. The first-order chi connectivity index (χ1) is 13.6. The zero-order valence-electron chi connectivity index (χ0n) is 17.6. The third-order valence-electron chi connectivity index (χ3n) is 3.49. The predicted octanol–water partition coefficient (Wildman–Crippen LogP) is 1.78. The van der Waals surface area contributed by atoms with Gasteiger partial charge in [0.25, 0.3) is 5.91 Å². The number of carbonyl (C=O) groups is 3. The van der Waals surface area contributed by atoms with Crippen molar-refractivity contribution in [1.29, 1.82) is 0 Å². The highest BCUT2D eigenvalue weighted by Gasteiger charge is 2.18. The van der Waals surface area contributed by atoms with Crippen molar-refractivity contribution < 1.29 is 33.3 Å². The summed E-state index contributed by atoms with van der Waals surface area (Å²) in [6, 6.07) is 2.93. The van der Waals surface area contributed by atoms with Crippen LogP contribution < -0.4 is 30.4 Å². The predicted molar refractivity (Wildman–Crippen MR) is 105 cm³/mol. The summed E-state index contributed by atoms with van der Waals surface area (Å²) < 4.78 is 20.7. The van der Waals surface area contributed by atoms with Gasteiger partial charge in [-0.25, -0.2) is 4.79 Å². The Kier molecular flexibility index (Phi) is 9.04. The molecule has 1 aromatic rings. The number of amides is 3. The highest BCUT2D eigenvalue weighted by Crippen LogP contribution is 2.38. The van der Waals surface area contributed by atoms with Crippen molar-refractivity contribution in [2.75, 3.05) is 27.9 Å². The number of benzene rings is 1. The third kappa shape index (κ3) is 8.16. The van der Waals surface area contributed by atoms with Gasteiger partial charge in [-0.05, 0) is 39.3 Å². The van der Waals surface area contributed by atoms with Gasteiger partial charge in [-0.2, -0.15) is 0 Å². The molecular formula is C19H29N3O7. The molecule has 0 unspecified atom stereocenters. The number of hydrazine groups is 1. The molecule has 0 atom stereocenters. The molecule has 0 saturated carbocycles. The first-order valence-corrected chi connectivity index (χ1v) is 8.97. The molecular weight excluding hydrogens is 382 g/mol. The van der Waals surface area contributed by atoms with Gasteiger partial charge in [0.15, 0.2) is 11.5 Å². The molecule has 3 N–H and O–H groups in total. The standard InChI is InChI=1S/C19H29N3O7/c1-19(2,3)29-18(25)20-9-7-8-15(23)21-22-17(24)12-10-13(26-4)16(28-6)14(11-12)27-5/h10-11H,7-9H2,1-6H3,(H,20,25)(H,21,23)(H,22,24).